The molecular weight excluding hydrogens is 246 g/mol. The number of amides is 1. The molecule has 0 aliphatic rings. The third-order valence-corrected chi connectivity index (χ3v) is 3.55. The highest BCUT2D eigenvalue weighted by Crippen LogP contribution is 2.07. The van der Waals surface area contributed by atoms with E-state index in [1.54, 1.807) is 5.32 Å². The van der Waals surface area contributed by atoms with Crippen LogP contribution in [0.4, 0.5) is 4.79 Å². The maximum Gasteiger partial charge on any atom is 0.408 e. The van der Waals surface area contributed by atoms with Crippen LogP contribution in [0.2, 0.25) is 25.7 Å². The van der Waals surface area contributed by atoms with Gasteiger partial charge < -0.3 is 14.9 Å². The summed E-state index contributed by atoms with van der Waals surface area (Å²) >= 11 is 0. The Bertz CT molecular complexity index is 297. The van der Waals surface area contributed by atoms with Gasteiger partial charge in [0.25, 0.3) is 0 Å². The van der Waals surface area contributed by atoms with Gasteiger partial charge in [0.2, 0.25) is 6.04 Å². The fraction of sp³-hybridized carbons (Fsp3) is 0.667. The highest BCUT2D eigenvalue weighted by atomic mass is 28.3. The number of hydrogen-bond donors (Lipinski definition) is 3. The Morgan fingerprint density at radius 3 is 2.00 bits per heavy atom. The first-order chi connectivity index (χ1) is 7.63. The Morgan fingerprint density at radius 1 is 1.18 bits per heavy atom. The molecule has 1 amide bonds. The van der Waals surface area contributed by atoms with Crippen molar-refractivity contribution >= 4 is 26.1 Å². The first-order valence-corrected chi connectivity index (χ1v) is 8.73. The summed E-state index contributed by atoms with van der Waals surface area (Å²) in [7, 11) is -1.35. The maximum atomic E-state index is 11.1. The van der Waals surface area contributed by atoms with Crippen molar-refractivity contribution < 1.29 is 29.3 Å². The topological polar surface area (TPSA) is 113 Å². The van der Waals surface area contributed by atoms with Gasteiger partial charge in [-0.2, -0.15) is 0 Å². The number of ether oxygens (including phenoxy) is 1. The highest BCUT2D eigenvalue weighted by Gasteiger charge is 2.28. The van der Waals surface area contributed by atoms with E-state index in [9.17, 15) is 14.4 Å². The number of hydrogen-bond acceptors (Lipinski definition) is 4. The van der Waals surface area contributed by atoms with Gasteiger partial charge >= 0.3 is 18.0 Å². The summed E-state index contributed by atoms with van der Waals surface area (Å²) < 4.78 is 4.71. The lowest BCUT2D eigenvalue weighted by Crippen LogP contribution is -2.46. The molecule has 17 heavy (non-hydrogen) atoms. The third-order valence-electron chi connectivity index (χ3n) is 1.84. The normalized spacial score (nSPS) is 11.1. The highest BCUT2D eigenvalue weighted by molar-refractivity contribution is 6.76. The zero-order chi connectivity index (χ0) is 13.6. The Balaban J connectivity index is 4.09. The molecule has 0 aromatic carbocycles. The van der Waals surface area contributed by atoms with Crippen molar-refractivity contribution in [2.24, 2.45) is 0 Å². The van der Waals surface area contributed by atoms with Gasteiger partial charge in [-0.15, -0.1) is 0 Å². The van der Waals surface area contributed by atoms with E-state index in [0.717, 1.165) is 6.04 Å². The van der Waals surface area contributed by atoms with Crippen LogP contribution in [0.5, 0.6) is 0 Å². The summed E-state index contributed by atoms with van der Waals surface area (Å²) in [5.41, 5.74) is 0. The largest absolute Gasteiger partial charge is 0.479 e. The summed E-state index contributed by atoms with van der Waals surface area (Å²) in [6.45, 7) is 6.43. The van der Waals surface area contributed by atoms with Crippen molar-refractivity contribution in [1.82, 2.24) is 5.32 Å². The minimum absolute atomic E-state index is 0.160. The number of nitrogens with one attached hydrogen (secondary N) is 1. The number of aliphatic carboxylic acids is 2. The van der Waals surface area contributed by atoms with Gasteiger partial charge in [-0.3, -0.25) is 5.32 Å². The number of carboxylic acids is 2. The molecule has 7 nitrogen and oxygen atoms in total. The maximum absolute atomic E-state index is 11.1. The molecular formula is C9H17NO6Si. The zero-order valence-corrected chi connectivity index (χ0v) is 11.0. The third kappa shape index (κ3) is 7.34. The Labute approximate surface area is 99.8 Å². The zero-order valence-electron chi connectivity index (χ0n) is 10.0. The molecule has 0 heterocycles. The van der Waals surface area contributed by atoms with E-state index in [1.165, 1.54) is 0 Å². The second-order valence-electron chi connectivity index (χ2n) is 4.70. The van der Waals surface area contributed by atoms with E-state index in [-0.39, 0.29) is 6.61 Å². The molecule has 0 saturated carbocycles. The predicted octanol–water partition coefficient (Wildman–Crippen LogP) is 0.589. The first-order valence-electron chi connectivity index (χ1n) is 5.02. The first kappa shape index (κ1) is 15.4. The molecule has 0 aromatic rings. The number of carboxylic acid groups (broad SMARTS) is 2. The van der Waals surface area contributed by atoms with E-state index in [1.807, 2.05) is 0 Å². The summed E-state index contributed by atoms with van der Waals surface area (Å²) in [5, 5.41) is 18.8. The molecule has 0 aromatic heterocycles. The van der Waals surface area contributed by atoms with Gasteiger partial charge in [-0.05, 0) is 6.04 Å². The van der Waals surface area contributed by atoms with Gasteiger partial charge in [0.15, 0.2) is 0 Å². The van der Waals surface area contributed by atoms with Crippen LogP contribution in [-0.4, -0.2) is 49.0 Å². The van der Waals surface area contributed by atoms with Crippen molar-refractivity contribution in [1.29, 1.82) is 0 Å². The SMILES string of the molecule is C[Si](C)(C)CCOC(=O)NC(C(=O)O)C(=O)O. The molecule has 0 saturated heterocycles. The van der Waals surface area contributed by atoms with Gasteiger partial charge in [-0.25, -0.2) is 14.4 Å². The van der Waals surface area contributed by atoms with E-state index < -0.39 is 32.1 Å². The van der Waals surface area contributed by atoms with E-state index in [4.69, 9.17) is 14.9 Å². The molecule has 0 aliphatic carbocycles. The average Bonchev–Trinajstić information content (AvgIpc) is 2.10. The van der Waals surface area contributed by atoms with Gasteiger partial charge in [-0.1, -0.05) is 19.6 Å². The summed E-state index contributed by atoms with van der Waals surface area (Å²) in [4.78, 5) is 32.0. The lowest BCUT2D eigenvalue weighted by Gasteiger charge is -2.16. The quantitative estimate of drug-likeness (QED) is 0.477. The van der Waals surface area contributed by atoms with Gasteiger partial charge in [0.1, 0.15) is 0 Å². The monoisotopic (exact) mass is 263 g/mol. The average molecular weight is 263 g/mol. The fourth-order valence-corrected chi connectivity index (χ4v) is 1.55. The molecule has 0 aliphatic heterocycles. The van der Waals surface area contributed by atoms with Gasteiger partial charge in [0.05, 0.1) is 6.61 Å². The fourth-order valence-electron chi connectivity index (χ4n) is 0.839. The summed E-state index contributed by atoms with van der Waals surface area (Å²) in [5.74, 6) is -3.28. The number of rotatable bonds is 6. The van der Waals surface area contributed by atoms with E-state index in [0.29, 0.717) is 0 Å². The van der Waals surface area contributed by atoms with Crippen LogP contribution in [0.25, 0.3) is 0 Å². The molecule has 98 valence electrons. The second-order valence-corrected chi connectivity index (χ2v) is 10.3. The molecule has 0 spiro atoms. The molecule has 0 radical (unpaired) electrons. The lowest BCUT2D eigenvalue weighted by atomic mass is 10.3. The number of carbonyl (C=O) groups is 3. The van der Waals surface area contributed by atoms with Crippen molar-refractivity contribution in [3.63, 3.8) is 0 Å². The van der Waals surface area contributed by atoms with Crippen LogP contribution >= 0.6 is 0 Å². The van der Waals surface area contributed by atoms with E-state index in [2.05, 4.69) is 19.6 Å². The Hall–Kier alpha value is -1.57. The molecule has 0 rings (SSSR count). The second kappa shape index (κ2) is 6.23. The molecule has 3 N–H and O–H groups in total. The van der Waals surface area contributed by atoms with Gasteiger partial charge in [0, 0.05) is 8.07 Å². The Kier molecular flexibility index (Phi) is 5.66. The van der Waals surface area contributed by atoms with Crippen LogP contribution in [0.15, 0.2) is 0 Å². The minimum Gasteiger partial charge on any atom is -0.479 e. The van der Waals surface area contributed by atoms with Crippen LogP contribution in [0.3, 0.4) is 0 Å². The van der Waals surface area contributed by atoms with Crippen molar-refractivity contribution in [2.45, 2.75) is 31.7 Å². The molecule has 0 atom stereocenters. The minimum atomic E-state index is -1.98. The Morgan fingerprint density at radius 2 is 1.65 bits per heavy atom. The van der Waals surface area contributed by atoms with Crippen LogP contribution in [0, 0.1) is 0 Å². The molecule has 0 unspecified atom stereocenters. The van der Waals surface area contributed by atoms with Crippen molar-refractivity contribution in [3.05, 3.63) is 0 Å². The summed E-state index contributed by atoms with van der Waals surface area (Å²) in [6, 6.07) is -1.25. The van der Waals surface area contributed by atoms with Crippen LogP contribution in [-0.2, 0) is 14.3 Å². The summed E-state index contributed by atoms with van der Waals surface area (Å²) in [6.07, 6.45) is -1.03. The van der Waals surface area contributed by atoms with Crippen LogP contribution in [0.1, 0.15) is 0 Å². The van der Waals surface area contributed by atoms with Crippen molar-refractivity contribution in [3.8, 4) is 0 Å². The predicted molar refractivity (Wildman–Crippen MR) is 61.7 cm³/mol. The molecule has 0 fully saturated rings. The smallest absolute Gasteiger partial charge is 0.408 e. The number of carbonyl (C=O) groups excluding carboxylic acids is 1. The van der Waals surface area contributed by atoms with Crippen molar-refractivity contribution in [2.75, 3.05) is 6.61 Å². The number of alkyl carbamates (subject to hydrolysis) is 1. The van der Waals surface area contributed by atoms with E-state index >= 15 is 0 Å². The molecule has 8 heteroatoms. The standard InChI is InChI=1S/C9H17NO6Si/c1-17(2,3)5-4-16-9(15)10-6(7(11)12)8(13)14/h6H,4-5H2,1-3H3,(H,10,15)(H,11,12)(H,13,14). The van der Waals surface area contributed by atoms with Crippen LogP contribution < -0.4 is 5.32 Å². The molecule has 0 bridgehead atoms. The lowest BCUT2D eigenvalue weighted by molar-refractivity contribution is -0.150.